The zero-order chi connectivity index (χ0) is 20.1. The molecule has 0 unspecified atom stereocenters. The molecule has 0 aliphatic carbocycles. The molecule has 0 atom stereocenters. The maximum absolute atomic E-state index is 12.1. The number of H-pyrrole nitrogens is 1. The molecule has 0 aliphatic rings. The van der Waals surface area contributed by atoms with Crippen molar-refractivity contribution in [2.45, 2.75) is 25.7 Å². The van der Waals surface area contributed by atoms with E-state index in [4.69, 9.17) is 4.42 Å². The number of hydrogen-bond donors (Lipinski definition) is 3. The highest BCUT2D eigenvalue weighted by atomic mass is 16.4. The maximum atomic E-state index is 12.1. The Morgan fingerprint density at radius 2 is 1.76 bits per heavy atom. The van der Waals surface area contributed by atoms with Gasteiger partial charge in [-0.15, -0.1) is 0 Å². The fourth-order valence-corrected chi connectivity index (χ4v) is 3.42. The summed E-state index contributed by atoms with van der Waals surface area (Å²) >= 11 is 0. The fraction of sp³-hybridized carbons (Fsp3) is 0.217. The highest BCUT2D eigenvalue weighted by molar-refractivity contribution is 5.92. The number of anilines is 1. The van der Waals surface area contributed by atoms with E-state index in [1.54, 1.807) is 6.07 Å². The molecule has 2 aromatic heterocycles. The van der Waals surface area contributed by atoms with Crippen molar-refractivity contribution in [1.82, 2.24) is 10.3 Å². The number of benzene rings is 2. The molecule has 2 amide bonds. The van der Waals surface area contributed by atoms with Crippen LogP contribution in [0.15, 0.2) is 65.2 Å². The number of aromatic amines is 1. The Balaban J connectivity index is 1.16. The van der Waals surface area contributed by atoms with Crippen molar-refractivity contribution >= 4 is 39.6 Å². The molecule has 0 saturated heterocycles. The minimum atomic E-state index is -0.157. The van der Waals surface area contributed by atoms with E-state index in [0.29, 0.717) is 25.3 Å². The van der Waals surface area contributed by atoms with E-state index in [1.807, 2.05) is 48.7 Å². The largest absolute Gasteiger partial charge is 0.440 e. The van der Waals surface area contributed by atoms with Gasteiger partial charge in [-0.1, -0.05) is 36.4 Å². The summed E-state index contributed by atoms with van der Waals surface area (Å²) in [6.07, 6.45) is 3.83. The summed E-state index contributed by atoms with van der Waals surface area (Å²) in [7, 11) is 0. The number of hydrogen-bond acceptors (Lipinski definition) is 3. The van der Waals surface area contributed by atoms with Crippen molar-refractivity contribution in [1.29, 1.82) is 0 Å². The molecule has 6 nitrogen and oxygen atoms in total. The third kappa shape index (κ3) is 4.66. The Morgan fingerprint density at radius 3 is 2.66 bits per heavy atom. The van der Waals surface area contributed by atoms with Gasteiger partial charge in [0.2, 0.25) is 17.7 Å². The summed E-state index contributed by atoms with van der Waals surface area (Å²) in [5.74, 6) is 0.233. The van der Waals surface area contributed by atoms with Gasteiger partial charge in [-0.05, 0) is 30.5 Å². The van der Waals surface area contributed by atoms with Crippen LogP contribution in [0.3, 0.4) is 0 Å². The maximum Gasteiger partial charge on any atom is 0.226 e. The molecule has 0 spiro atoms. The molecule has 0 saturated carbocycles. The lowest BCUT2D eigenvalue weighted by atomic mass is 10.1. The molecule has 0 radical (unpaired) electrons. The predicted octanol–water partition coefficient (Wildman–Crippen LogP) is 4.38. The highest BCUT2D eigenvalue weighted by Gasteiger charge is 2.09. The van der Waals surface area contributed by atoms with Gasteiger partial charge in [0.25, 0.3) is 0 Å². The Labute approximate surface area is 168 Å². The first-order valence-corrected chi connectivity index (χ1v) is 9.79. The number of carbonyl (C=O) groups excluding carboxylic acids is 2. The van der Waals surface area contributed by atoms with Gasteiger partial charge in [-0.25, -0.2) is 0 Å². The quantitative estimate of drug-likeness (QED) is 0.418. The molecule has 4 rings (SSSR count). The van der Waals surface area contributed by atoms with Crippen molar-refractivity contribution < 1.29 is 14.0 Å². The van der Waals surface area contributed by atoms with Crippen LogP contribution in [0.2, 0.25) is 0 Å². The predicted molar refractivity (Wildman–Crippen MR) is 114 cm³/mol. The van der Waals surface area contributed by atoms with Gasteiger partial charge in [-0.2, -0.15) is 0 Å². The zero-order valence-corrected chi connectivity index (χ0v) is 16.0. The molecule has 0 aliphatic heterocycles. The zero-order valence-electron chi connectivity index (χ0n) is 16.0. The monoisotopic (exact) mass is 389 g/mol. The lowest BCUT2D eigenvalue weighted by Crippen LogP contribution is -2.25. The van der Waals surface area contributed by atoms with Gasteiger partial charge in [-0.3, -0.25) is 14.9 Å². The van der Waals surface area contributed by atoms with E-state index in [2.05, 4.69) is 21.7 Å². The smallest absolute Gasteiger partial charge is 0.226 e. The van der Waals surface area contributed by atoms with Crippen LogP contribution in [0.5, 0.6) is 0 Å². The summed E-state index contributed by atoms with van der Waals surface area (Å²) in [6, 6.07) is 17.5. The summed E-state index contributed by atoms with van der Waals surface area (Å²) in [5.41, 5.74) is 3.02. The molecule has 6 heteroatoms. The number of aromatic nitrogens is 1. The highest BCUT2D eigenvalue weighted by Crippen LogP contribution is 2.22. The molecule has 148 valence electrons. The third-order valence-electron chi connectivity index (χ3n) is 4.89. The second-order valence-corrected chi connectivity index (χ2v) is 7.01. The van der Waals surface area contributed by atoms with E-state index >= 15 is 0 Å². The minimum absolute atomic E-state index is 0.0404. The standard InChI is InChI=1S/C23H23N3O3/c27-21(24-13-12-17-15-25-19-8-3-2-7-18(17)19)10-5-11-22(28)26-23-14-16-6-1-4-9-20(16)29-23/h1-4,6-9,14-15,25H,5,10-13H2,(H,24,27)(H,26,28). The summed E-state index contributed by atoms with van der Waals surface area (Å²) < 4.78 is 5.57. The number of carbonyl (C=O) groups is 2. The third-order valence-corrected chi connectivity index (χ3v) is 4.89. The van der Waals surface area contributed by atoms with Crippen LogP contribution in [0, 0.1) is 0 Å². The lowest BCUT2D eigenvalue weighted by Gasteiger charge is -2.05. The average molecular weight is 389 g/mol. The number of rotatable bonds is 8. The topological polar surface area (TPSA) is 87.1 Å². The first-order chi connectivity index (χ1) is 14.2. The van der Waals surface area contributed by atoms with Crippen LogP contribution in [0.4, 0.5) is 5.88 Å². The van der Waals surface area contributed by atoms with E-state index in [0.717, 1.165) is 22.9 Å². The fourth-order valence-electron chi connectivity index (χ4n) is 3.42. The number of fused-ring (bicyclic) bond motifs is 2. The van der Waals surface area contributed by atoms with E-state index in [9.17, 15) is 9.59 Å². The first kappa shape index (κ1) is 18.8. The number of nitrogens with one attached hydrogen (secondary N) is 3. The lowest BCUT2D eigenvalue weighted by molar-refractivity contribution is -0.121. The van der Waals surface area contributed by atoms with E-state index in [-0.39, 0.29) is 18.2 Å². The van der Waals surface area contributed by atoms with Gasteiger partial charge in [0.15, 0.2) is 0 Å². The number of furan rings is 1. The summed E-state index contributed by atoms with van der Waals surface area (Å²) in [6.45, 7) is 0.575. The van der Waals surface area contributed by atoms with Crippen LogP contribution in [0.1, 0.15) is 24.8 Å². The summed E-state index contributed by atoms with van der Waals surface area (Å²) in [5, 5.41) is 7.79. The Morgan fingerprint density at radius 1 is 0.966 bits per heavy atom. The van der Waals surface area contributed by atoms with Crippen LogP contribution < -0.4 is 10.6 Å². The van der Waals surface area contributed by atoms with Crippen LogP contribution in [-0.2, 0) is 16.0 Å². The van der Waals surface area contributed by atoms with Crippen molar-refractivity contribution in [3.8, 4) is 0 Å². The van der Waals surface area contributed by atoms with Gasteiger partial charge in [0.05, 0.1) is 0 Å². The van der Waals surface area contributed by atoms with E-state index < -0.39 is 0 Å². The molecule has 2 aromatic carbocycles. The molecule has 4 aromatic rings. The molecule has 0 bridgehead atoms. The Hall–Kier alpha value is -3.54. The van der Waals surface area contributed by atoms with E-state index in [1.165, 1.54) is 10.9 Å². The first-order valence-electron chi connectivity index (χ1n) is 9.79. The molecule has 0 fully saturated rings. The van der Waals surface area contributed by atoms with Crippen molar-refractivity contribution in [3.63, 3.8) is 0 Å². The Bertz CT molecular complexity index is 1110. The van der Waals surface area contributed by atoms with Crippen molar-refractivity contribution in [2.24, 2.45) is 0 Å². The van der Waals surface area contributed by atoms with Gasteiger partial charge in [0, 0.05) is 47.9 Å². The molecule has 29 heavy (non-hydrogen) atoms. The van der Waals surface area contributed by atoms with Crippen molar-refractivity contribution in [2.75, 3.05) is 11.9 Å². The average Bonchev–Trinajstić information content (AvgIpc) is 3.31. The molecule has 2 heterocycles. The van der Waals surface area contributed by atoms with Crippen LogP contribution in [0.25, 0.3) is 21.9 Å². The Kier molecular flexibility index (Phi) is 5.61. The second kappa shape index (κ2) is 8.65. The van der Waals surface area contributed by atoms with Gasteiger partial charge < -0.3 is 14.7 Å². The minimum Gasteiger partial charge on any atom is -0.440 e. The van der Waals surface area contributed by atoms with Gasteiger partial charge in [0.1, 0.15) is 5.58 Å². The number of para-hydroxylation sites is 2. The van der Waals surface area contributed by atoms with Crippen molar-refractivity contribution in [3.05, 3.63) is 66.4 Å². The molecular formula is C23H23N3O3. The normalized spacial score (nSPS) is 11.0. The summed E-state index contributed by atoms with van der Waals surface area (Å²) in [4.78, 5) is 27.3. The van der Waals surface area contributed by atoms with Gasteiger partial charge >= 0.3 is 0 Å². The van der Waals surface area contributed by atoms with Crippen LogP contribution >= 0.6 is 0 Å². The second-order valence-electron chi connectivity index (χ2n) is 7.01. The van der Waals surface area contributed by atoms with Crippen LogP contribution in [-0.4, -0.2) is 23.3 Å². The SMILES string of the molecule is O=C(CCCC(=O)Nc1cc2ccccc2o1)NCCc1c[nH]c2ccccc12. The molecule has 3 N–H and O–H groups in total. The number of amides is 2. The molecular weight excluding hydrogens is 366 g/mol.